The van der Waals surface area contributed by atoms with Crippen molar-refractivity contribution in [2.24, 2.45) is 5.92 Å². The van der Waals surface area contributed by atoms with Crippen LogP contribution in [0.25, 0.3) is 0 Å². The minimum Gasteiger partial charge on any atom is -1.00 e. The van der Waals surface area contributed by atoms with Crippen LogP contribution in [-0.2, 0) is 0 Å². The summed E-state index contributed by atoms with van der Waals surface area (Å²) >= 11 is 0. The number of halogens is 1. The normalized spacial score (nSPS) is 40.5. The summed E-state index contributed by atoms with van der Waals surface area (Å²) in [5.74, 6) is 0.927. The average Bonchev–Trinajstić information content (AvgIpc) is 1.59. The van der Waals surface area contributed by atoms with Crippen molar-refractivity contribution in [3.63, 3.8) is 0 Å². The van der Waals surface area contributed by atoms with Crippen molar-refractivity contribution in [1.82, 2.24) is 5.32 Å². The van der Waals surface area contributed by atoms with Crippen LogP contribution in [0.3, 0.4) is 0 Å². The summed E-state index contributed by atoms with van der Waals surface area (Å²) < 4.78 is 0. The molecule has 1 aliphatic rings. The maximum atomic E-state index is 3.51. The maximum absolute atomic E-state index is 3.51. The molecule has 0 spiro atoms. The Labute approximate surface area is 70.0 Å². The van der Waals surface area contributed by atoms with Gasteiger partial charge in [0.25, 0.3) is 0 Å². The van der Waals surface area contributed by atoms with Gasteiger partial charge in [0.2, 0.25) is 0 Å². The molecular weight excluding hydrogens is 146 g/mol. The van der Waals surface area contributed by atoms with Crippen molar-refractivity contribution in [3.8, 4) is 0 Å². The molecule has 1 heterocycles. The summed E-state index contributed by atoms with van der Waals surface area (Å²) in [4.78, 5) is 0. The van der Waals surface area contributed by atoms with Gasteiger partial charge < -0.3 is 17.7 Å². The highest BCUT2D eigenvalue weighted by molar-refractivity contribution is 4.77. The molecule has 0 aromatic carbocycles. The molecule has 2 unspecified atom stereocenters. The molecule has 1 nitrogen and oxygen atoms in total. The second kappa shape index (κ2) is 4.20. The number of hydrogen-bond donors (Lipinski definition) is 1. The zero-order valence-electron chi connectivity index (χ0n) is 7.02. The number of rotatable bonds is 0. The highest BCUT2D eigenvalue weighted by Crippen LogP contribution is 2.18. The molecule has 0 radical (unpaired) electrons. The molecule has 1 saturated heterocycles. The molecule has 0 aromatic heterocycles. The molecule has 1 aliphatic heterocycles. The summed E-state index contributed by atoms with van der Waals surface area (Å²) in [5.41, 5.74) is 0. The van der Waals surface area contributed by atoms with Crippen LogP contribution < -0.4 is 17.7 Å². The first-order valence-corrected chi connectivity index (χ1v) is 3.94. The molecule has 0 saturated carbocycles. The largest absolute Gasteiger partial charge is 1.00 e. The van der Waals surface area contributed by atoms with Crippen molar-refractivity contribution < 1.29 is 12.4 Å². The molecule has 10 heavy (non-hydrogen) atoms. The lowest BCUT2D eigenvalue weighted by atomic mass is 9.91. The van der Waals surface area contributed by atoms with Crippen LogP contribution in [0.15, 0.2) is 0 Å². The predicted octanol–water partition coefficient (Wildman–Crippen LogP) is -1.21. The lowest BCUT2D eigenvalue weighted by Crippen LogP contribution is -3.00. The van der Waals surface area contributed by atoms with Gasteiger partial charge in [-0.1, -0.05) is 6.92 Å². The third-order valence-electron chi connectivity index (χ3n) is 2.08. The Balaban J connectivity index is 0.000000810. The molecule has 2 atom stereocenters. The van der Waals surface area contributed by atoms with Crippen LogP contribution in [0.1, 0.15) is 33.6 Å². The fourth-order valence-corrected chi connectivity index (χ4v) is 1.93. The van der Waals surface area contributed by atoms with Gasteiger partial charge in [0.15, 0.2) is 0 Å². The average molecular weight is 163 g/mol. The smallest absolute Gasteiger partial charge is 0.00437 e. The van der Waals surface area contributed by atoms with E-state index in [0.717, 1.165) is 18.0 Å². The fraction of sp³-hybridized carbons (Fsp3) is 1.00. The van der Waals surface area contributed by atoms with Crippen LogP contribution in [0.4, 0.5) is 0 Å². The van der Waals surface area contributed by atoms with Gasteiger partial charge >= 0.3 is 0 Å². The molecule has 0 aromatic rings. The van der Waals surface area contributed by atoms with Gasteiger partial charge in [-0.3, -0.25) is 0 Å². The van der Waals surface area contributed by atoms with Gasteiger partial charge in [0, 0.05) is 12.1 Å². The third-order valence-corrected chi connectivity index (χ3v) is 2.08. The minimum absolute atomic E-state index is 0. The Bertz CT molecular complexity index is 70.2. The number of piperidine rings is 1. The predicted molar refractivity (Wildman–Crippen MR) is 40.5 cm³/mol. The van der Waals surface area contributed by atoms with Crippen molar-refractivity contribution >= 4 is 0 Å². The first-order chi connectivity index (χ1) is 4.18. The second-order valence-corrected chi connectivity index (χ2v) is 3.55. The summed E-state index contributed by atoms with van der Waals surface area (Å²) in [7, 11) is 0. The molecule has 0 amide bonds. The van der Waals surface area contributed by atoms with Crippen molar-refractivity contribution in [2.75, 3.05) is 0 Å². The van der Waals surface area contributed by atoms with Crippen molar-refractivity contribution in [2.45, 2.75) is 45.7 Å². The Morgan fingerprint density at radius 2 is 1.40 bits per heavy atom. The molecule has 1 rings (SSSR count). The Morgan fingerprint density at radius 3 is 1.70 bits per heavy atom. The van der Waals surface area contributed by atoms with Crippen LogP contribution in [0.5, 0.6) is 0 Å². The van der Waals surface area contributed by atoms with E-state index in [1.54, 1.807) is 0 Å². The highest BCUT2D eigenvalue weighted by atomic mass is 35.5. The third kappa shape index (κ3) is 2.89. The first-order valence-electron chi connectivity index (χ1n) is 3.94. The second-order valence-electron chi connectivity index (χ2n) is 3.55. The monoisotopic (exact) mass is 162 g/mol. The van der Waals surface area contributed by atoms with Crippen LogP contribution in [0.2, 0.25) is 0 Å². The Morgan fingerprint density at radius 1 is 1.00 bits per heavy atom. The van der Waals surface area contributed by atoms with E-state index < -0.39 is 0 Å². The lowest BCUT2D eigenvalue weighted by molar-refractivity contribution is -0.00000276. The van der Waals surface area contributed by atoms with Crippen LogP contribution in [-0.4, -0.2) is 12.1 Å². The van der Waals surface area contributed by atoms with Gasteiger partial charge in [-0.2, -0.15) is 0 Å². The molecule has 0 aliphatic carbocycles. The Hall–Kier alpha value is 0.250. The standard InChI is InChI=1S/C8H17N.ClH/c1-6-4-7(2)9-8(3)5-6;/h6-9H,4-5H2,1-3H3;1H/p-1. The molecule has 0 bridgehead atoms. The molecule has 1 fully saturated rings. The fourth-order valence-electron chi connectivity index (χ4n) is 1.93. The Kier molecular flexibility index (Phi) is 4.30. The van der Waals surface area contributed by atoms with Crippen molar-refractivity contribution in [3.05, 3.63) is 0 Å². The molecule has 2 heteroatoms. The zero-order valence-corrected chi connectivity index (χ0v) is 7.78. The first kappa shape index (κ1) is 10.2. The summed E-state index contributed by atoms with van der Waals surface area (Å²) in [6.07, 6.45) is 2.70. The maximum Gasteiger partial charge on any atom is 0.00437 e. The van der Waals surface area contributed by atoms with Crippen LogP contribution in [0, 0.1) is 5.92 Å². The number of hydrogen-bond acceptors (Lipinski definition) is 1. The number of nitrogens with one attached hydrogen (secondary N) is 1. The lowest BCUT2D eigenvalue weighted by Gasteiger charge is -2.30. The summed E-state index contributed by atoms with van der Waals surface area (Å²) in [5, 5.41) is 3.51. The molecular formula is C8H17ClN-. The van der Waals surface area contributed by atoms with E-state index in [4.69, 9.17) is 0 Å². The molecule has 1 N–H and O–H groups in total. The van der Waals surface area contributed by atoms with Gasteiger partial charge in [0.1, 0.15) is 0 Å². The van der Waals surface area contributed by atoms with Crippen LogP contribution >= 0.6 is 0 Å². The van der Waals surface area contributed by atoms with E-state index in [2.05, 4.69) is 26.1 Å². The minimum atomic E-state index is 0. The summed E-state index contributed by atoms with van der Waals surface area (Å²) in [6, 6.07) is 1.48. The van der Waals surface area contributed by atoms with E-state index in [-0.39, 0.29) is 12.4 Å². The van der Waals surface area contributed by atoms with E-state index in [1.165, 1.54) is 12.8 Å². The van der Waals surface area contributed by atoms with Gasteiger partial charge in [0.05, 0.1) is 0 Å². The SMILES string of the molecule is CC1CC(C)NC(C)C1.[Cl-]. The van der Waals surface area contributed by atoms with Gasteiger partial charge in [-0.05, 0) is 32.6 Å². The topological polar surface area (TPSA) is 12.0 Å². The van der Waals surface area contributed by atoms with E-state index in [0.29, 0.717) is 0 Å². The van der Waals surface area contributed by atoms with Crippen molar-refractivity contribution in [1.29, 1.82) is 0 Å². The van der Waals surface area contributed by atoms with Gasteiger partial charge in [-0.15, -0.1) is 0 Å². The quantitative estimate of drug-likeness (QED) is 0.472. The van der Waals surface area contributed by atoms with E-state index in [9.17, 15) is 0 Å². The van der Waals surface area contributed by atoms with E-state index >= 15 is 0 Å². The zero-order chi connectivity index (χ0) is 6.85. The van der Waals surface area contributed by atoms with E-state index in [1.807, 2.05) is 0 Å². The highest BCUT2D eigenvalue weighted by Gasteiger charge is 2.18. The summed E-state index contributed by atoms with van der Waals surface area (Å²) in [6.45, 7) is 6.88. The molecule has 62 valence electrons. The van der Waals surface area contributed by atoms with Gasteiger partial charge in [-0.25, -0.2) is 0 Å².